The highest BCUT2D eigenvalue weighted by Crippen LogP contribution is 2.28. The van der Waals surface area contributed by atoms with E-state index in [9.17, 15) is 22.8 Å². The van der Waals surface area contributed by atoms with E-state index in [1.54, 1.807) is 11.8 Å². The Hall–Kier alpha value is -2.89. The van der Waals surface area contributed by atoms with E-state index in [-0.39, 0.29) is 23.0 Å². The van der Waals surface area contributed by atoms with Gasteiger partial charge in [0.05, 0.1) is 25.1 Å². The third-order valence-electron chi connectivity index (χ3n) is 4.48. The van der Waals surface area contributed by atoms with Crippen molar-refractivity contribution in [2.24, 2.45) is 0 Å². The molecule has 9 nitrogen and oxygen atoms in total. The maximum absolute atomic E-state index is 12.9. The summed E-state index contributed by atoms with van der Waals surface area (Å²) in [7, 11) is 0. The van der Waals surface area contributed by atoms with Crippen molar-refractivity contribution in [3.8, 4) is 0 Å². The van der Waals surface area contributed by atoms with Crippen molar-refractivity contribution < 1.29 is 27.5 Å². The highest BCUT2D eigenvalue weighted by Gasteiger charge is 2.34. The van der Waals surface area contributed by atoms with Crippen molar-refractivity contribution in [1.82, 2.24) is 24.5 Å². The monoisotopic (exact) mass is 414 g/mol. The molecule has 0 aromatic carbocycles. The Labute approximate surface area is 164 Å². The fraction of sp³-hybridized carbons (Fsp3) is 0.529. The number of morpholine rings is 1. The predicted molar refractivity (Wildman–Crippen MR) is 95.2 cm³/mol. The molecule has 0 unspecified atom stereocenters. The van der Waals surface area contributed by atoms with E-state index in [0.717, 1.165) is 10.7 Å². The van der Waals surface area contributed by atoms with Crippen LogP contribution in [0.1, 0.15) is 28.8 Å². The summed E-state index contributed by atoms with van der Waals surface area (Å²) in [6, 6.07) is 0.871. The minimum Gasteiger partial charge on any atom is -0.378 e. The number of nitrogens with one attached hydrogen (secondary N) is 1. The summed E-state index contributed by atoms with van der Waals surface area (Å²) >= 11 is 0. The van der Waals surface area contributed by atoms with Gasteiger partial charge in [-0.15, -0.1) is 0 Å². The molecule has 1 fully saturated rings. The van der Waals surface area contributed by atoms with Gasteiger partial charge in [0.25, 0.3) is 5.91 Å². The van der Waals surface area contributed by atoms with E-state index in [0.29, 0.717) is 32.8 Å². The number of nitrogens with zero attached hydrogens (tertiary/aromatic N) is 5. The van der Waals surface area contributed by atoms with E-state index in [1.807, 2.05) is 0 Å². The standard InChI is InChI=1S/C17H21F3N6O3/c1-3-25-15(16(28)24-4-6-29-7-5-24)12(9-21-25)22-14(27)10-26-11(2)8-13(23-26)17(18,19)20/h8-9H,3-7,10H2,1-2H3,(H,22,27). The molecule has 3 rings (SSSR count). The van der Waals surface area contributed by atoms with Gasteiger partial charge in [-0.2, -0.15) is 23.4 Å². The summed E-state index contributed by atoms with van der Waals surface area (Å²) in [6.07, 6.45) is -3.24. The Kier molecular flexibility index (Phi) is 5.91. The van der Waals surface area contributed by atoms with Gasteiger partial charge in [0.2, 0.25) is 5.91 Å². The molecule has 12 heteroatoms. The van der Waals surface area contributed by atoms with Crippen LogP contribution in [0, 0.1) is 6.92 Å². The number of hydrogen-bond acceptors (Lipinski definition) is 5. The van der Waals surface area contributed by atoms with Crippen LogP contribution in [0.4, 0.5) is 18.9 Å². The Morgan fingerprint density at radius 2 is 1.93 bits per heavy atom. The van der Waals surface area contributed by atoms with E-state index in [2.05, 4.69) is 15.5 Å². The molecule has 0 atom stereocenters. The molecular formula is C17H21F3N6O3. The van der Waals surface area contributed by atoms with Crippen molar-refractivity contribution in [1.29, 1.82) is 0 Å². The number of halogens is 3. The Morgan fingerprint density at radius 3 is 2.52 bits per heavy atom. The lowest BCUT2D eigenvalue weighted by molar-refractivity contribution is -0.141. The summed E-state index contributed by atoms with van der Waals surface area (Å²) in [5.74, 6) is -0.908. The number of carbonyl (C=O) groups is 2. The van der Waals surface area contributed by atoms with Crippen molar-refractivity contribution in [2.45, 2.75) is 33.1 Å². The van der Waals surface area contributed by atoms with Crippen LogP contribution in [-0.4, -0.2) is 62.6 Å². The molecule has 3 heterocycles. The summed E-state index contributed by atoms with van der Waals surface area (Å²) < 4.78 is 46.0. The molecule has 29 heavy (non-hydrogen) atoms. The van der Waals surface area contributed by atoms with Gasteiger partial charge in [-0.25, -0.2) is 0 Å². The van der Waals surface area contributed by atoms with Crippen LogP contribution in [0.25, 0.3) is 0 Å². The first-order valence-electron chi connectivity index (χ1n) is 9.05. The fourth-order valence-electron chi connectivity index (χ4n) is 2.99. The zero-order valence-electron chi connectivity index (χ0n) is 16.0. The van der Waals surface area contributed by atoms with Crippen LogP contribution in [0.3, 0.4) is 0 Å². The van der Waals surface area contributed by atoms with Gasteiger partial charge in [-0.3, -0.25) is 19.0 Å². The fourth-order valence-corrected chi connectivity index (χ4v) is 2.99. The lowest BCUT2D eigenvalue weighted by Gasteiger charge is -2.27. The van der Waals surface area contributed by atoms with Crippen LogP contribution in [0.2, 0.25) is 0 Å². The second kappa shape index (κ2) is 8.23. The van der Waals surface area contributed by atoms with Crippen LogP contribution in [-0.2, 0) is 28.8 Å². The van der Waals surface area contributed by atoms with Gasteiger partial charge in [-0.05, 0) is 19.9 Å². The number of alkyl halides is 3. The van der Waals surface area contributed by atoms with Gasteiger partial charge in [-0.1, -0.05) is 0 Å². The number of rotatable bonds is 5. The summed E-state index contributed by atoms with van der Waals surface area (Å²) in [4.78, 5) is 26.9. The molecule has 2 aromatic heterocycles. The Balaban J connectivity index is 1.76. The smallest absolute Gasteiger partial charge is 0.378 e. The van der Waals surface area contributed by atoms with Crippen molar-refractivity contribution in [3.05, 3.63) is 29.3 Å². The Bertz CT molecular complexity index is 899. The third kappa shape index (κ3) is 4.58. The van der Waals surface area contributed by atoms with Crippen LogP contribution in [0.15, 0.2) is 12.3 Å². The summed E-state index contributed by atoms with van der Waals surface area (Å²) in [6.45, 7) is 4.92. The molecule has 0 spiro atoms. The largest absolute Gasteiger partial charge is 0.435 e. The van der Waals surface area contributed by atoms with Crippen molar-refractivity contribution in [2.75, 3.05) is 31.6 Å². The molecule has 1 saturated heterocycles. The average molecular weight is 414 g/mol. The molecule has 1 aliphatic heterocycles. The maximum Gasteiger partial charge on any atom is 0.435 e. The van der Waals surface area contributed by atoms with Gasteiger partial charge in [0.15, 0.2) is 5.69 Å². The first-order valence-corrected chi connectivity index (χ1v) is 9.05. The zero-order valence-corrected chi connectivity index (χ0v) is 16.0. The van der Waals surface area contributed by atoms with E-state index >= 15 is 0 Å². The molecule has 0 aliphatic carbocycles. The Morgan fingerprint density at radius 1 is 1.24 bits per heavy atom. The summed E-state index contributed by atoms with van der Waals surface area (Å²) in [5, 5.41) is 10.1. The SMILES string of the molecule is CCn1ncc(NC(=O)Cn2nc(C(F)(F)F)cc2C)c1C(=O)N1CCOCC1. The molecule has 1 aliphatic rings. The molecule has 2 amide bonds. The third-order valence-corrected chi connectivity index (χ3v) is 4.48. The first-order chi connectivity index (χ1) is 13.7. The minimum atomic E-state index is -4.59. The van der Waals surface area contributed by atoms with Gasteiger partial charge in [0.1, 0.15) is 12.2 Å². The minimum absolute atomic E-state index is 0.196. The maximum atomic E-state index is 12.9. The number of anilines is 1. The second-order valence-electron chi connectivity index (χ2n) is 6.50. The van der Waals surface area contributed by atoms with Crippen LogP contribution >= 0.6 is 0 Å². The number of aromatic nitrogens is 4. The lowest BCUT2D eigenvalue weighted by Crippen LogP contribution is -2.41. The number of carbonyl (C=O) groups excluding carboxylic acids is 2. The number of hydrogen-bond donors (Lipinski definition) is 1. The average Bonchev–Trinajstić information content (AvgIpc) is 3.25. The molecule has 158 valence electrons. The van der Waals surface area contributed by atoms with E-state index in [1.165, 1.54) is 17.8 Å². The molecule has 2 aromatic rings. The van der Waals surface area contributed by atoms with Crippen molar-refractivity contribution in [3.63, 3.8) is 0 Å². The van der Waals surface area contributed by atoms with Crippen LogP contribution < -0.4 is 5.32 Å². The van der Waals surface area contributed by atoms with Gasteiger partial charge >= 0.3 is 6.18 Å². The number of amides is 2. The molecule has 0 saturated carbocycles. The molecule has 1 N–H and O–H groups in total. The second-order valence-corrected chi connectivity index (χ2v) is 6.50. The lowest BCUT2D eigenvalue weighted by atomic mass is 10.2. The topological polar surface area (TPSA) is 94.3 Å². The molecule has 0 bridgehead atoms. The van der Waals surface area contributed by atoms with Crippen LogP contribution in [0.5, 0.6) is 0 Å². The number of ether oxygens (including phenoxy) is 1. The van der Waals surface area contributed by atoms with Crippen molar-refractivity contribution >= 4 is 17.5 Å². The normalized spacial score (nSPS) is 14.9. The zero-order chi connectivity index (χ0) is 21.2. The summed E-state index contributed by atoms with van der Waals surface area (Å²) in [5.41, 5.74) is -0.448. The first kappa shape index (κ1) is 20.8. The number of aryl methyl sites for hydroxylation is 2. The quantitative estimate of drug-likeness (QED) is 0.801. The highest BCUT2D eigenvalue weighted by molar-refractivity contribution is 6.02. The van der Waals surface area contributed by atoms with E-state index in [4.69, 9.17) is 4.74 Å². The van der Waals surface area contributed by atoms with Gasteiger partial charge in [0, 0.05) is 25.3 Å². The molecule has 0 radical (unpaired) electrons. The van der Waals surface area contributed by atoms with E-state index < -0.39 is 24.3 Å². The van der Waals surface area contributed by atoms with Gasteiger partial charge < -0.3 is 15.0 Å². The highest BCUT2D eigenvalue weighted by atomic mass is 19.4. The molecular weight excluding hydrogens is 393 g/mol. The predicted octanol–water partition coefficient (Wildman–Crippen LogP) is 1.54.